The van der Waals surface area contributed by atoms with E-state index in [1.165, 1.54) is 30.5 Å². The number of nitrogens with one attached hydrogen (secondary N) is 1. The summed E-state index contributed by atoms with van der Waals surface area (Å²) in [5.74, 6) is 0.922. The molecule has 0 spiro atoms. The molecule has 1 fully saturated rings. The molecule has 76 valence electrons. The molecule has 3 N–H and O–H groups in total. The molecule has 3 rings (SSSR count). The fraction of sp³-hybridized carbons (Fsp3) is 0.700. The van der Waals surface area contributed by atoms with Crippen molar-refractivity contribution in [2.45, 2.75) is 38.3 Å². The van der Waals surface area contributed by atoms with Crippen LogP contribution in [0.25, 0.3) is 0 Å². The predicted octanol–water partition coefficient (Wildman–Crippen LogP) is 0.836. The normalized spacial score (nSPS) is 21.7. The van der Waals surface area contributed by atoms with Gasteiger partial charge in [0.1, 0.15) is 5.82 Å². The van der Waals surface area contributed by atoms with Crippen LogP contribution >= 0.6 is 0 Å². The number of rotatable bonds is 1. The molecule has 1 saturated carbocycles. The van der Waals surface area contributed by atoms with Crippen molar-refractivity contribution in [3.8, 4) is 0 Å². The number of nitrogen functional groups attached to an aromatic ring is 1. The van der Waals surface area contributed by atoms with Crippen LogP contribution in [0.5, 0.6) is 0 Å². The van der Waals surface area contributed by atoms with E-state index in [9.17, 15) is 0 Å². The Morgan fingerprint density at radius 1 is 1.43 bits per heavy atom. The molecule has 14 heavy (non-hydrogen) atoms. The largest absolute Gasteiger partial charge is 0.384 e. The van der Waals surface area contributed by atoms with Gasteiger partial charge in [0.2, 0.25) is 0 Å². The van der Waals surface area contributed by atoms with Crippen molar-refractivity contribution in [2.75, 3.05) is 12.3 Å². The van der Waals surface area contributed by atoms with E-state index in [1.807, 2.05) is 0 Å². The fourth-order valence-electron chi connectivity index (χ4n) is 2.27. The SMILES string of the molecule is Nc1c2c(nn1C1CCC1)CNCC2. The fourth-order valence-corrected chi connectivity index (χ4v) is 2.27. The number of nitrogens with zero attached hydrogens (tertiary/aromatic N) is 2. The molecule has 1 aromatic rings. The van der Waals surface area contributed by atoms with Gasteiger partial charge in [-0.15, -0.1) is 0 Å². The molecule has 0 amide bonds. The highest BCUT2D eigenvalue weighted by Gasteiger charge is 2.26. The van der Waals surface area contributed by atoms with E-state index >= 15 is 0 Å². The third-order valence-electron chi connectivity index (χ3n) is 3.40. The minimum atomic E-state index is 0.584. The van der Waals surface area contributed by atoms with E-state index in [0.29, 0.717) is 6.04 Å². The first-order valence-corrected chi connectivity index (χ1v) is 5.42. The highest BCUT2D eigenvalue weighted by molar-refractivity contribution is 5.45. The summed E-state index contributed by atoms with van der Waals surface area (Å²) < 4.78 is 2.06. The van der Waals surface area contributed by atoms with E-state index in [1.54, 1.807) is 0 Å². The second-order valence-electron chi connectivity index (χ2n) is 4.27. The Hall–Kier alpha value is -1.03. The molecule has 0 atom stereocenters. The van der Waals surface area contributed by atoms with Crippen LogP contribution in [0.15, 0.2) is 0 Å². The van der Waals surface area contributed by atoms with Crippen molar-refractivity contribution in [1.29, 1.82) is 0 Å². The van der Waals surface area contributed by atoms with Gasteiger partial charge in [0.15, 0.2) is 0 Å². The zero-order valence-corrected chi connectivity index (χ0v) is 8.29. The van der Waals surface area contributed by atoms with E-state index in [0.717, 1.165) is 25.3 Å². The quantitative estimate of drug-likeness (QED) is 0.693. The lowest BCUT2D eigenvalue weighted by molar-refractivity contribution is 0.291. The van der Waals surface area contributed by atoms with Crippen LogP contribution in [-0.4, -0.2) is 16.3 Å². The predicted molar refractivity (Wildman–Crippen MR) is 54.9 cm³/mol. The van der Waals surface area contributed by atoms with Crippen LogP contribution in [0.4, 0.5) is 5.82 Å². The van der Waals surface area contributed by atoms with Gasteiger partial charge in [-0.3, -0.25) is 0 Å². The molecule has 4 nitrogen and oxygen atoms in total. The summed E-state index contributed by atoms with van der Waals surface area (Å²) in [6.45, 7) is 1.92. The minimum absolute atomic E-state index is 0.584. The minimum Gasteiger partial charge on any atom is -0.384 e. The summed E-state index contributed by atoms with van der Waals surface area (Å²) >= 11 is 0. The maximum Gasteiger partial charge on any atom is 0.125 e. The Bertz CT molecular complexity index is 351. The lowest BCUT2D eigenvalue weighted by atomic mass is 9.93. The summed E-state index contributed by atoms with van der Waals surface area (Å²) in [5.41, 5.74) is 8.56. The molecule has 0 saturated heterocycles. The van der Waals surface area contributed by atoms with E-state index < -0.39 is 0 Å². The van der Waals surface area contributed by atoms with Crippen molar-refractivity contribution in [3.05, 3.63) is 11.3 Å². The first-order chi connectivity index (χ1) is 6.86. The van der Waals surface area contributed by atoms with Crippen LogP contribution in [0, 0.1) is 0 Å². The average molecular weight is 192 g/mol. The second kappa shape index (κ2) is 2.98. The van der Waals surface area contributed by atoms with E-state index in [4.69, 9.17) is 5.73 Å². The van der Waals surface area contributed by atoms with Crippen LogP contribution in [0.2, 0.25) is 0 Å². The number of nitrogens with two attached hydrogens (primary N) is 1. The molecule has 2 heterocycles. The van der Waals surface area contributed by atoms with Crippen molar-refractivity contribution < 1.29 is 0 Å². The van der Waals surface area contributed by atoms with Gasteiger partial charge in [0.05, 0.1) is 11.7 Å². The molecule has 4 heteroatoms. The van der Waals surface area contributed by atoms with Gasteiger partial charge in [-0.2, -0.15) is 5.10 Å². The standard InChI is InChI=1S/C10H16N4/c11-10-8-4-5-12-6-9(8)13-14(10)7-2-1-3-7/h7,12H,1-6,11H2. The Morgan fingerprint density at radius 2 is 2.29 bits per heavy atom. The first kappa shape index (κ1) is 8.29. The smallest absolute Gasteiger partial charge is 0.125 e. The number of hydrogen-bond donors (Lipinski definition) is 2. The van der Waals surface area contributed by atoms with Gasteiger partial charge in [-0.05, 0) is 32.2 Å². The van der Waals surface area contributed by atoms with Crippen LogP contribution in [-0.2, 0) is 13.0 Å². The van der Waals surface area contributed by atoms with Crippen LogP contribution < -0.4 is 11.1 Å². The Kier molecular flexibility index (Phi) is 1.77. The maximum absolute atomic E-state index is 6.11. The lowest BCUT2D eigenvalue weighted by Gasteiger charge is -2.26. The van der Waals surface area contributed by atoms with Gasteiger partial charge in [-0.1, -0.05) is 0 Å². The summed E-state index contributed by atoms with van der Waals surface area (Å²) in [6, 6.07) is 0.584. The number of hydrogen-bond acceptors (Lipinski definition) is 3. The molecule has 0 radical (unpaired) electrons. The zero-order chi connectivity index (χ0) is 9.54. The Balaban J connectivity index is 2.00. The summed E-state index contributed by atoms with van der Waals surface area (Å²) in [4.78, 5) is 0. The molecule has 2 aliphatic rings. The van der Waals surface area contributed by atoms with Crippen molar-refractivity contribution in [2.24, 2.45) is 0 Å². The highest BCUT2D eigenvalue weighted by atomic mass is 15.3. The first-order valence-electron chi connectivity index (χ1n) is 5.42. The van der Waals surface area contributed by atoms with Crippen molar-refractivity contribution in [1.82, 2.24) is 15.1 Å². The van der Waals surface area contributed by atoms with Crippen molar-refractivity contribution in [3.63, 3.8) is 0 Å². The molecular weight excluding hydrogens is 176 g/mol. The topological polar surface area (TPSA) is 55.9 Å². The summed E-state index contributed by atoms with van der Waals surface area (Å²) in [7, 11) is 0. The van der Waals surface area contributed by atoms with Crippen molar-refractivity contribution >= 4 is 5.82 Å². The third-order valence-corrected chi connectivity index (χ3v) is 3.40. The monoisotopic (exact) mass is 192 g/mol. The lowest BCUT2D eigenvalue weighted by Crippen LogP contribution is -2.23. The average Bonchev–Trinajstić information content (AvgIpc) is 2.43. The molecule has 0 unspecified atom stereocenters. The zero-order valence-electron chi connectivity index (χ0n) is 8.29. The van der Waals surface area contributed by atoms with Gasteiger partial charge in [0.25, 0.3) is 0 Å². The number of aromatic nitrogens is 2. The second-order valence-corrected chi connectivity index (χ2v) is 4.27. The Labute approximate surface area is 83.5 Å². The number of anilines is 1. The number of fused-ring (bicyclic) bond motifs is 1. The van der Waals surface area contributed by atoms with Gasteiger partial charge in [-0.25, -0.2) is 4.68 Å². The van der Waals surface area contributed by atoms with Gasteiger partial charge < -0.3 is 11.1 Å². The summed E-state index contributed by atoms with van der Waals surface area (Å²) in [6.07, 6.45) is 4.86. The molecule has 0 aromatic carbocycles. The van der Waals surface area contributed by atoms with Gasteiger partial charge >= 0.3 is 0 Å². The highest BCUT2D eigenvalue weighted by Crippen LogP contribution is 2.35. The molecule has 1 aliphatic heterocycles. The van der Waals surface area contributed by atoms with Gasteiger partial charge in [0, 0.05) is 12.1 Å². The molecule has 1 aliphatic carbocycles. The maximum atomic E-state index is 6.11. The van der Waals surface area contributed by atoms with E-state index in [-0.39, 0.29) is 0 Å². The Morgan fingerprint density at radius 3 is 2.93 bits per heavy atom. The third kappa shape index (κ3) is 1.07. The van der Waals surface area contributed by atoms with Crippen LogP contribution in [0.1, 0.15) is 36.6 Å². The molecule has 1 aromatic heterocycles. The van der Waals surface area contributed by atoms with E-state index in [2.05, 4.69) is 15.1 Å². The summed E-state index contributed by atoms with van der Waals surface area (Å²) in [5, 5.41) is 7.93. The molecular formula is C10H16N4. The van der Waals surface area contributed by atoms with Crippen LogP contribution in [0.3, 0.4) is 0 Å². The molecule has 0 bridgehead atoms.